The van der Waals surface area contributed by atoms with Gasteiger partial charge in [0, 0.05) is 14.6 Å². The summed E-state index contributed by atoms with van der Waals surface area (Å²) in [6, 6.07) is 21.8. The van der Waals surface area contributed by atoms with Crippen molar-refractivity contribution in [1.82, 2.24) is 0 Å². The van der Waals surface area contributed by atoms with Crippen molar-refractivity contribution in [1.29, 1.82) is 5.26 Å². The average Bonchev–Trinajstić information content (AvgIpc) is 2.72. The molecule has 0 aliphatic heterocycles. The molecular weight excluding hydrogens is 504 g/mol. The maximum absolute atomic E-state index is 12.8. The molecule has 30 heavy (non-hydrogen) atoms. The van der Waals surface area contributed by atoms with Crippen LogP contribution in [0.1, 0.15) is 27.8 Å². The Labute approximate surface area is 193 Å². The Morgan fingerprint density at radius 1 is 1.03 bits per heavy atom. The van der Waals surface area contributed by atoms with Crippen molar-refractivity contribution >= 4 is 49.5 Å². The summed E-state index contributed by atoms with van der Waals surface area (Å²) in [5.41, 5.74) is 5.74. The summed E-state index contributed by atoms with van der Waals surface area (Å²) in [6.45, 7) is 3.89. The van der Waals surface area contributed by atoms with Gasteiger partial charge in [0.2, 0.25) is 0 Å². The number of amides is 1. The van der Waals surface area contributed by atoms with Crippen molar-refractivity contribution in [2.24, 2.45) is 0 Å². The standard InChI is InChI=1S/C25H20Br2N2O/c1-16-7-8-17(2)24(11-16)29-25(30)21(15-28)13-20-14-22(26)10-9-18(20)12-19-5-3-4-6-23(19)27/h3-11,13-14H,12H2,1-2H3,(H,29,30)/b21-13+. The van der Waals surface area contributed by atoms with Crippen LogP contribution in [0.25, 0.3) is 6.08 Å². The monoisotopic (exact) mass is 522 g/mol. The van der Waals surface area contributed by atoms with Gasteiger partial charge in [-0.15, -0.1) is 0 Å². The van der Waals surface area contributed by atoms with E-state index in [2.05, 4.69) is 49.3 Å². The number of carbonyl (C=O) groups is 1. The molecule has 0 saturated heterocycles. The Bertz CT molecular complexity index is 1180. The predicted molar refractivity (Wildman–Crippen MR) is 129 cm³/mol. The number of hydrogen-bond donors (Lipinski definition) is 1. The normalized spacial score (nSPS) is 11.1. The maximum atomic E-state index is 12.8. The second-order valence-corrected chi connectivity index (χ2v) is 8.82. The average molecular weight is 524 g/mol. The number of aryl methyl sites for hydroxylation is 2. The Hall–Kier alpha value is -2.68. The Balaban J connectivity index is 1.94. The van der Waals surface area contributed by atoms with E-state index in [-0.39, 0.29) is 5.57 Å². The maximum Gasteiger partial charge on any atom is 0.266 e. The van der Waals surface area contributed by atoms with Crippen LogP contribution in [0.4, 0.5) is 5.69 Å². The number of halogens is 2. The van der Waals surface area contributed by atoms with Crippen molar-refractivity contribution in [2.75, 3.05) is 5.32 Å². The second-order valence-electron chi connectivity index (χ2n) is 7.05. The van der Waals surface area contributed by atoms with Gasteiger partial charge in [0.25, 0.3) is 5.91 Å². The molecule has 0 heterocycles. The summed E-state index contributed by atoms with van der Waals surface area (Å²) < 4.78 is 1.91. The molecule has 3 nitrogen and oxygen atoms in total. The molecule has 0 bridgehead atoms. The molecule has 0 aliphatic carbocycles. The number of nitrogens with zero attached hydrogens (tertiary/aromatic N) is 1. The van der Waals surface area contributed by atoms with Gasteiger partial charge >= 0.3 is 0 Å². The smallest absolute Gasteiger partial charge is 0.266 e. The molecule has 1 N–H and O–H groups in total. The van der Waals surface area contributed by atoms with Crippen LogP contribution in [0.3, 0.4) is 0 Å². The van der Waals surface area contributed by atoms with Gasteiger partial charge in [0.05, 0.1) is 0 Å². The van der Waals surface area contributed by atoms with Crippen molar-refractivity contribution < 1.29 is 4.79 Å². The minimum absolute atomic E-state index is 0.0578. The van der Waals surface area contributed by atoms with Gasteiger partial charge in [-0.05, 0) is 78.4 Å². The lowest BCUT2D eigenvalue weighted by Crippen LogP contribution is -2.14. The van der Waals surface area contributed by atoms with E-state index in [1.807, 2.05) is 68.4 Å². The van der Waals surface area contributed by atoms with Gasteiger partial charge in [0.1, 0.15) is 11.6 Å². The molecule has 0 aliphatic rings. The second kappa shape index (κ2) is 9.88. The quantitative estimate of drug-likeness (QED) is 0.290. The molecule has 0 atom stereocenters. The van der Waals surface area contributed by atoms with Crippen LogP contribution >= 0.6 is 31.9 Å². The van der Waals surface area contributed by atoms with E-state index in [1.165, 1.54) is 0 Å². The van der Waals surface area contributed by atoms with Gasteiger partial charge < -0.3 is 5.32 Å². The number of hydrogen-bond acceptors (Lipinski definition) is 2. The lowest BCUT2D eigenvalue weighted by atomic mass is 9.98. The molecule has 0 saturated carbocycles. The molecule has 0 fully saturated rings. The molecule has 0 unspecified atom stereocenters. The number of benzene rings is 3. The van der Waals surface area contributed by atoms with E-state index in [0.29, 0.717) is 12.1 Å². The van der Waals surface area contributed by atoms with E-state index in [1.54, 1.807) is 6.08 Å². The summed E-state index contributed by atoms with van der Waals surface area (Å²) >= 11 is 7.08. The molecule has 5 heteroatoms. The van der Waals surface area contributed by atoms with Crippen LogP contribution in [0.5, 0.6) is 0 Å². The van der Waals surface area contributed by atoms with E-state index in [0.717, 1.165) is 36.8 Å². The van der Waals surface area contributed by atoms with Crippen molar-refractivity contribution in [2.45, 2.75) is 20.3 Å². The molecule has 3 rings (SSSR count). The van der Waals surface area contributed by atoms with Crippen LogP contribution in [0.2, 0.25) is 0 Å². The highest BCUT2D eigenvalue weighted by molar-refractivity contribution is 9.10. The first kappa shape index (κ1) is 22.0. The van der Waals surface area contributed by atoms with Crippen LogP contribution in [0.15, 0.2) is 75.2 Å². The largest absolute Gasteiger partial charge is 0.321 e. The number of rotatable bonds is 5. The van der Waals surface area contributed by atoms with Crippen LogP contribution in [0, 0.1) is 25.2 Å². The fourth-order valence-corrected chi connectivity index (χ4v) is 3.88. The number of nitriles is 1. The minimum atomic E-state index is -0.419. The van der Waals surface area contributed by atoms with E-state index in [4.69, 9.17) is 0 Å². The number of anilines is 1. The van der Waals surface area contributed by atoms with Gasteiger partial charge in [-0.2, -0.15) is 5.26 Å². The summed E-state index contributed by atoms with van der Waals surface area (Å²) in [7, 11) is 0. The van der Waals surface area contributed by atoms with E-state index >= 15 is 0 Å². The minimum Gasteiger partial charge on any atom is -0.321 e. The van der Waals surface area contributed by atoms with Crippen LogP contribution < -0.4 is 5.32 Å². The molecule has 1 amide bonds. The SMILES string of the molecule is Cc1ccc(C)c(NC(=O)/C(C#N)=C/c2cc(Br)ccc2Cc2ccccc2Br)c1. The fourth-order valence-electron chi connectivity index (χ4n) is 3.07. The van der Waals surface area contributed by atoms with Gasteiger partial charge in [-0.3, -0.25) is 4.79 Å². The van der Waals surface area contributed by atoms with E-state index < -0.39 is 5.91 Å². The molecule has 0 spiro atoms. The van der Waals surface area contributed by atoms with Gasteiger partial charge in [-0.25, -0.2) is 0 Å². The summed E-state index contributed by atoms with van der Waals surface area (Å²) in [6.07, 6.45) is 2.33. The molecule has 3 aromatic rings. The van der Waals surface area contributed by atoms with Crippen LogP contribution in [-0.4, -0.2) is 5.91 Å². The molecule has 3 aromatic carbocycles. The Morgan fingerprint density at radius 3 is 2.53 bits per heavy atom. The Kier molecular flexibility index (Phi) is 7.25. The Morgan fingerprint density at radius 2 is 1.80 bits per heavy atom. The highest BCUT2D eigenvalue weighted by atomic mass is 79.9. The lowest BCUT2D eigenvalue weighted by molar-refractivity contribution is -0.112. The molecule has 0 radical (unpaired) electrons. The number of nitrogens with one attached hydrogen (secondary N) is 1. The third-order valence-corrected chi connectivity index (χ3v) is 6.02. The summed E-state index contributed by atoms with van der Waals surface area (Å²) in [4.78, 5) is 12.8. The zero-order valence-corrected chi connectivity index (χ0v) is 19.8. The highest BCUT2D eigenvalue weighted by Gasteiger charge is 2.13. The summed E-state index contributed by atoms with van der Waals surface area (Å²) in [5.74, 6) is -0.419. The zero-order valence-electron chi connectivity index (χ0n) is 16.7. The van der Waals surface area contributed by atoms with Crippen molar-refractivity contribution in [3.63, 3.8) is 0 Å². The first-order valence-electron chi connectivity index (χ1n) is 9.39. The lowest BCUT2D eigenvalue weighted by Gasteiger charge is -2.11. The fraction of sp³-hybridized carbons (Fsp3) is 0.120. The summed E-state index contributed by atoms with van der Waals surface area (Å²) in [5, 5.41) is 12.5. The van der Waals surface area contributed by atoms with Crippen LogP contribution in [-0.2, 0) is 11.2 Å². The zero-order chi connectivity index (χ0) is 21.7. The van der Waals surface area contributed by atoms with Gasteiger partial charge in [0.15, 0.2) is 0 Å². The topological polar surface area (TPSA) is 52.9 Å². The first-order chi connectivity index (χ1) is 14.4. The predicted octanol–water partition coefficient (Wildman–Crippen LogP) is 6.96. The third kappa shape index (κ3) is 5.47. The highest BCUT2D eigenvalue weighted by Crippen LogP contribution is 2.26. The van der Waals surface area contributed by atoms with Gasteiger partial charge in [-0.1, -0.05) is 68.3 Å². The van der Waals surface area contributed by atoms with Crippen molar-refractivity contribution in [3.8, 4) is 6.07 Å². The molecule has 0 aromatic heterocycles. The van der Waals surface area contributed by atoms with E-state index in [9.17, 15) is 10.1 Å². The first-order valence-corrected chi connectivity index (χ1v) is 11.0. The molecule has 150 valence electrons. The van der Waals surface area contributed by atoms with Crippen molar-refractivity contribution in [3.05, 3.63) is 103 Å². The number of carbonyl (C=O) groups excluding carboxylic acids is 1. The third-order valence-electron chi connectivity index (χ3n) is 4.75. The molecular formula is C25H20Br2N2O.